The van der Waals surface area contributed by atoms with Gasteiger partial charge in [0.15, 0.2) is 0 Å². The van der Waals surface area contributed by atoms with Crippen LogP contribution in [0.15, 0.2) is 12.3 Å². The molecular weight excluding hydrogens is 198 g/mol. The van der Waals surface area contributed by atoms with E-state index < -0.39 is 8.96 Å². The number of hydrogen-bond acceptors (Lipinski definition) is 1. The molecule has 2 heteroatoms. The average molecular weight is 227 g/mol. The molecule has 1 atom stereocenters. The Labute approximate surface area is 98.2 Å². The minimum atomic E-state index is -0.798. The third-order valence-electron chi connectivity index (χ3n) is 2.90. The molecule has 15 heavy (non-hydrogen) atoms. The van der Waals surface area contributed by atoms with E-state index in [9.17, 15) is 0 Å². The first-order chi connectivity index (χ1) is 7.29. The van der Waals surface area contributed by atoms with E-state index in [2.05, 4.69) is 37.6 Å². The summed E-state index contributed by atoms with van der Waals surface area (Å²) in [6, 6.07) is 1.42. The lowest BCUT2D eigenvalue weighted by molar-refractivity contribution is 0.420. The Morgan fingerprint density at radius 2 is 1.67 bits per heavy atom. The Kier molecular flexibility index (Phi) is 10.4. The van der Waals surface area contributed by atoms with Crippen molar-refractivity contribution in [1.82, 2.24) is 4.57 Å². The molecule has 1 nitrogen and oxygen atoms in total. The van der Waals surface area contributed by atoms with Crippen LogP contribution in [0.4, 0.5) is 0 Å². The highest BCUT2D eigenvalue weighted by Gasteiger charge is 2.14. The maximum Gasteiger partial charge on any atom is 0.135 e. The minimum Gasteiger partial charge on any atom is -0.323 e. The van der Waals surface area contributed by atoms with Crippen LogP contribution < -0.4 is 0 Å². The predicted molar refractivity (Wildman–Crippen MR) is 73.8 cm³/mol. The van der Waals surface area contributed by atoms with Crippen LogP contribution >= 0.6 is 0 Å². The molecule has 0 N–H and O–H groups in total. The Bertz CT molecular complexity index is 147. The van der Waals surface area contributed by atoms with Gasteiger partial charge in [-0.15, -0.1) is 6.58 Å². The zero-order valence-corrected chi connectivity index (χ0v) is 12.1. The van der Waals surface area contributed by atoms with E-state index in [0.29, 0.717) is 0 Å². The summed E-state index contributed by atoms with van der Waals surface area (Å²) in [5.74, 6) is 0. The number of nitrogens with zero attached hydrogens (tertiary/aromatic N) is 1. The van der Waals surface area contributed by atoms with E-state index in [0.717, 1.165) is 0 Å². The zero-order chi connectivity index (χ0) is 11.5. The Morgan fingerprint density at radius 3 is 2.13 bits per heavy atom. The van der Waals surface area contributed by atoms with E-state index >= 15 is 0 Å². The molecule has 0 rings (SSSR count). The van der Waals surface area contributed by atoms with Crippen molar-refractivity contribution in [2.24, 2.45) is 0 Å². The standard InChI is InChI=1S/C13H29NSi/c1-5-9-12-14(11-7-3)15(8-4)13-10-6-2/h8,15H,4-7,9-13H2,1-3H3. The van der Waals surface area contributed by atoms with Gasteiger partial charge in [0.05, 0.1) is 0 Å². The van der Waals surface area contributed by atoms with Gasteiger partial charge in [0.1, 0.15) is 8.96 Å². The van der Waals surface area contributed by atoms with Crippen LogP contribution in [0.1, 0.15) is 52.9 Å². The van der Waals surface area contributed by atoms with Crippen LogP contribution in [0.25, 0.3) is 0 Å². The van der Waals surface area contributed by atoms with Crippen molar-refractivity contribution >= 4 is 8.96 Å². The molecule has 0 amide bonds. The second-order valence-electron chi connectivity index (χ2n) is 4.33. The van der Waals surface area contributed by atoms with Crippen molar-refractivity contribution in [1.29, 1.82) is 0 Å². The quantitative estimate of drug-likeness (QED) is 0.514. The molecule has 0 saturated heterocycles. The summed E-state index contributed by atoms with van der Waals surface area (Å²) in [7, 11) is -0.798. The van der Waals surface area contributed by atoms with Crippen LogP contribution in [0.5, 0.6) is 0 Å². The molecule has 0 aliphatic carbocycles. The summed E-state index contributed by atoms with van der Waals surface area (Å²) >= 11 is 0. The van der Waals surface area contributed by atoms with Gasteiger partial charge in [-0.05, 0) is 32.0 Å². The minimum absolute atomic E-state index is 0.798. The van der Waals surface area contributed by atoms with Crippen molar-refractivity contribution in [2.45, 2.75) is 58.9 Å². The van der Waals surface area contributed by atoms with Crippen molar-refractivity contribution in [3.63, 3.8) is 0 Å². The molecule has 0 aromatic carbocycles. The number of rotatable bonds is 10. The maximum absolute atomic E-state index is 4.05. The molecule has 0 bridgehead atoms. The lowest BCUT2D eigenvalue weighted by Gasteiger charge is -2.28. The van der Waals surface area contributed by atoms with Gasteiger partial charge in [-0.3, -0.25) is 0 Å². The van der Waals surface area contributed by atoms with Crippen molar-refractivity contribution in [2.75, 3.05) is 13.1 Å². The molecule has 0 aromatic rings. The first-order valence-corrected chi connectivity index (χ1v) is 8.66. The van der Waals surface area contributed by atoms with E-state index in [1.165, 1.54) is 51.2 Å². The summed E-state index contributed by atoms with van der Waals surface area (Å²) in [6.45, 7) is 13.5. The molecule has 1 unspecified atom stereocenters. The van der Waals surface area contributed by atoms with E-state index in [1.54, 1.807) is 0 Å². The van der Waals surface area contributed by atoms with Crippen molar-refractivity contribution in [3.05, 3.63) is 12.3 Å². The second kappa shape index (κ2) is 10.4. The Balaban J connectivity index is 4.06. The molecular formula is C13H29NSi. The molecule has 90 valence electrons. The fourth-order valence-electron chi connectivity index (χ4n) is 1.95. The Morgan fingerprint density at radius 1 is 1.00 bits per heavy atom. The van der Waals surface area contributed by atoms with Gasteiger partial charge in [-0.2, -0.15) is 0 Å². The van der Waals surface area contributed by atoms with Crippen LogP contribution in [0, 0.1) is 0 Å². The summed E-state index contributed by atoms with van der Waals surface area (Å²) in [4.78, 5) is 0. The normalized spacial score (nSPS) is 13.1. The summed E-state index contributed by atoms with van der Waals surface area (Å²) < 4.78 is 2.74. The van der Waals surface area contributed by atoms with Crippen molar-refractivity contribution in [3.8, 4) is 0 Å². The summed E-state index contributed by atoms with van der Waals surface area (Å²) in [6.07, 6.45) is 6.66. The van der Waals surface area contributed by atoms with Gasteiger partial charge < -0.3 is 4.57 Å². The molecule has 0 heterocycles. The monoisotopic (exact) mass is 227 g/mol. The lowest BCUT2D eigenvalue weighted by atomic mass is 10.3. The van der Waals surface area contributed by atoms with Crippen molar-refractivity contribution < 1.29 is 0 Å². The van der Waals surface area contributed by atoms with Crippen LogP contribution in [-0.2, 0) is 0 Å². The lowest BCUT2D eigenvalue weighted by Crippen LogP contribution is -2.39. The van der Waals surface area contributed by atoms with Crippen LogP contribution in [0.2, 0.25) is 6.04 Å². The first kappa shape index (κ1) is 14.9. The molecule has 0 spiro atoms. The van der Waals surface area contributed by atoms with Gasteiger partial charge in [0, 0.05) is 0 Å². The van der Waals surface area contributed by atoms with E-state index in [-0.39, 0.29) is 0 Å². The largest absolute Gasteiger partial charge is 0.323 e. The fraction of sp³-hybridized carbons (Fsp3) is 0.846. The van der Waals surface area contributed by atoms with Crippen LogP contribution in [-0.4, -0.2) is 26.6 Å². The average Bonchev–Trinajstić information content (AvgIpc) is 2.26. The highest BCUT2D eigenvalue weighted by Crippen LogP contribution is 2.09. The fourth-order valence-corrected chi connectivity index (χ4v) is 4.78. The number of unbranched alkanes of at least 4 members (excludes halogenated alkanes) is 2. The molecule has 0 aliphatic heterocycles. The molecule has 0 aromatic heterocycles. The first-order valence-electron chi connectivity index (χ1n) is 6.66. The van der Waals surface area contributed by atoms with Crippen LogP contribution in [0.3, 0.4) is 0 Å². The number of hydrogen-bond donors (Lipinski definition) is 0. The van der Waals surface area contributed by atoms with Gasteiger partial charge in [0.2, 0.25) is 0 Å². The maximum atomic E-state index is 4.05. The molecule has 0 radical (unpaired) electrons. The van der Waals surface area contributed by atoms with Gasteiger partial charge in [-0.1, -0.05) is 45.7 Å². The third-order valence-corrected chi connectivity index (χ3v) is 5.90. The van der Waals surface area contributed by atoms with E-state index in [1.807, 2.05) is 0 Å². The SMILES string of the molecule is C=C[SiH](CCCC)N(CCC)CCCC. The highest BCUT2D eigenvalue weighted by molar-refractivity contribution is 6.61. The second-order valence-corrected chi connectivity index (χ2v) is 7.25. The zero-order valence-electron chi connectivity index (χ0n) is 11.0. The molecule has 0 fully saturated rings. The predicted octanol–water partition coefficient (Wildman–Crippen LogP) is 3.75. The van der Waals surface area contributed by atoms with Gasteiger partial charge >= 0.3 is 0 Å². The molecule has 0 aliphatic rings. The van der Waals surface area contributed by atoms with Gasteiger partial charge in [-0.25, -0.2) is 0 Å². The topological polar surface area (TPSA) is 3.24 Å². The summed E-state index contributed by atoms with van der Waals surface area (Å²) in [5, 5.41) is 0. The smallest absolute Gasteiger partial charge is 0.135 e. The molecule has 0 saturated carbocycles. The van der Waals surface area contributed by atoms with Gasteiger partial charge in [0.25, 0.3) is 0 Å². The Hall–Kier alpha value is -0.0831. The highest BCUT2D eigenvalue weighted by atomic mass is 28.3. The third kappa shape index (κ3) is 6.91. The summed E-state index contributed by atoms with van der Waals surface area (Å²) in [5.41, 5.74) is 2.28. The van der Waals surface area contributed by atoms with E-state index in [4.69, 9.17) is 0 Å².